The minimum absolute atomic E-state index is 0.103. The number of carbonyl (C=O) groups is 2. The maximum Gasteiger partial charge on any atom is 0.240 e. The maximum absolute atomic E-state index is 11.7. The van der Waals surface area contributed by atoms with Crippen LogP contribution in [0.2, 0.25) is 0 Å². The quantitative estimate of drug-likeness (QED) is 0.560. The van der Waals surface area contributed by atoms with Crippen molar-refractivity contribution in [3.05, 3.63) is 56.7 Å². The monoisotopic (exact) mass is 393 g/mol. The van der Waals surface area contributed by atoms with Crippen LogP contribution < -0.4 is 10.7 Å². The van der Waals surface area contributed by atoms with E-state index < -0.39 is 0 Å². The lowest BCUT2D eigenvalue weighted by atomic mass is 10.2. The Morgan fingerprint density at radius 3 is 2.52 bits per heavy atom. The van der Waals surface area contributed by atoms with Gasteiger partial charge < -0.3 is 5.32 Å². The Bertz CT molecular complexity index is 686. The van der Waals surface area contributed by atoms with Crippen molar-refractivity contribution in [2.24, 2.45) is 5.10 Å². The van der Waals surface area contributed by atoms with E-state index >= 15 is 0 Å². The molecule has 120 valence electrons. The molecule has 0 fully saturated rings. The van der Waals surface area contributed by atoms with E-state index in [1.165, 1.54) is 11.3 Å². The number of amides is 2. The van der Waals surface area contributed by atoms with Gasteiger partial charge in [0, 0.05) is 24.3 Å². The van der Waals surface area contributed by atoms with E-state index in [1.54, 1.807) is 6.21 Å². The summed E-state index contributed by atoms with van der Waals surface area (Å²) < 4.78 is 1.00. The minimum Gasteiger partial charge on any atom is -0.352 e. The van der Waals surface area contributed by atoms with Crippen molar-refractivity contribution >= 4 is 45.3 Å². The minimum atomic E-state index is -0.285. The molecule has 23 heavy (non-hydrogen) atoms. The zero-order chi connectivity index (χ0) is 16.5. The Morgan fingerprint density at radius 2 is 1.83 bits per heavy atom. The topological polar surface area (TPSA) is 70.6 Å². The second kappa shape index (κ2) is 9.22. The molecule has 0 saturated carbocycles. The number of carbonyl (C=O) groups excluding carboxylic acids is 2. The zero-order valence-corrected chi connectivity index (χ0v) is 14.7. The lowest BCUT2D eigenvalue weighted by Crippen LogP contribution is -2.25. The summed E-state index contributed by atoms with van der Waals surface area (Å²) in [5.41, 5.74) is 3.44. The van der Waals surface area contributed by atoms with Gasteiger partial charge in [0.25, 0.3) is 0 Å². The molecule has 0 aliphatic heterocycles. The Morgan fingerprint density at radius 1 is 1.09 bits per heavy atom. The number of nitrogens with one attached hydrogen (secondary N) is 2. The van der Waals surface area contributed by atoms with Crippen molar-refractivity contribution in [1.29, 1.82) is 0 Å². The van der Waals surface area contributed by atoms with Crippen molar-refractivity contribution in [3.63, 3.8) is 0 Å². The van der Waals surface area contributed by atoms with Gasteiger partial charge in [0.1, 0.15) is 0 Å². The molecule has 7 heteroatoms. The highest BCUT2D eigenvalue weighted by Crippen LogP contribution is 2.20. The highest BCUT2D eigenvalue weighted by molar-refractivity contribution is 9.11. The van der Waals surface area contributed by atoms with Crippen LogP contribution in [-0.4, -0.2) is 18.0 Å². The van der Waals surface area contributed by atoms with E-state index in [-0.39, 0.29) is 24.7 Å². The summed E-state index contributed by atoms with van der Waals surface area (Å²) in [7, 11) is 0. The third-order valence-corrected chi connectivity index (χ3v) is 4.44. The summed E-state index contributed by atoms with van der Waals surface area (Å²) in [5, 5.41) is 6.64. The predicted molar refractivity (Wildman–Crippen MR) is 95.3 cm³/mol. The molecule has 2 aromatic rings. The molecule has 0 aliphatic carbocycles. The van der Waals surface area contributed by atoms with Gasteiger partial charge in [-0.05, 0) is 33.6 Å². The smallest absolute Gasteiger partial charge is 0.240 e. The Kier molecular flexibility index (Phi) is 6.96. The normalized spacial score (nSPS) is 10.7. The third-order valence-electron chi connectivity index (χ3n) is 2.89. The number of thiophene rings is 1. The molecule has 2 rings (SSSR count). The van der Waals surface area contributed by atoms with Crippen molar-refractivity contribution < 1.29 is 9.59 Å². The molecule has 0 unspecified atom stereocenters. The van der Waals surface area contributed by atoms with Crippen LogP contribution >= 0.6 is 27.3 Å². The van der Waals surface area contributed by atoms with E-state index in [2.05, 4.69) is 31.8 Å². The van der Waals surface area contributed by atoms with Gasteiger partial charge in [-0.1, -0.05) is 30.3 Å². The largest absolute Gasteiger partial charge is 0.352 e. The number of halogens is 1. The lowest BCUT2D eigenvalue weighted by Gasteiger charge is -2.04. The average Bonchev–Trinajstić information content (AvgIpc) is 2.97. The van der Waals surface area contributed by atoms with Gasteiger partial charge in [-0.3, -0.25) is 9.59 Å². The summed E-state index contributed by atoms with van der Waals surface area (Å²) >= 11 is 4.86. The van der Waals surface area contributed by atoms with Crippen molar-refractivity contribution in [2.75, 3.05) is 0 Å². The maximum atomic E-state index is 11.7. The van der Waals surface area contributed by atoms with Crippen molar-refractivity contribution in [1.82, 2.24) is 10.7 Å². The van der Waals surface area contributed by atoms with Crippen LogP contribution in [-0.2, 0) is 16.1 Å². The standard InChI is InChI=1S/C16H16BrN3O2S/c17-14-7-6-13(23-14)11-19-20-16(22)9-8-15(21)18-10-12-4-2-1-3-5-12/h1-7,11H,8-10H2,(H,18,21)(H,20,22)/b19-11+. The van der Waals surface area contributed by atoms with E-state index in [4.69, 9.17) is 0 Å². The second-order valence-corrected chi connectivity index (χ2v) is 7.19. The Labute approximate surface area is 146 Å². The summed E-state index contributed by atoms with van der Waals surface area (Å²) in [5.74, 6) is -0.443. The summed E-state index contributed by atoms with van der Waals surface area (Å²) in [6.45, 7) is 0.465. The first kappa shape index (κ1) is 17.4. The molecular weight excluding hydrogens is 378 g/mol. The molecule has 1 aromatic carbocycles. The van der Waals surface area contributed by atoms with Crippen LogP contribution in [0.5, 0.6) is 0 Å². The van der Waals surface area contributed by atoms with Gasteiger partial charge in [-0.2, -0.15) is 5.10 Å². The van der Waals surface area contributed by atoms with Gasteiger partial charge in [-0.25, -0.2) is 5.43 Å². The number of rotatable bonds is 7. The summed E-state index contributed by atoms with van der Waals surface area (Å²) in [6, 6.07) is 13.4. The summed E-state index contributed by atoms with van der Waals surface area (Å²) in [4.78, 5) is 24.2. The summed E-state index contributed by atoms with van der Waals surface area (Å²) in [6.07, 6.45) is 1.81. The molecule has 2 N–H and O–H groups in total. The van der Waals surface area contributed by atoms with Crippen LogP contribution in [0, 0.1) is 0 Å². The second-order valence-electron chi connectivity index (χ2n) is 4.70. The molecule has 0 aliphatic rings. The SMILES string of the molecule is O=C(CCC(=O)N/N=C/c1ccc(Br)s1)NCc1ccccc1. The lowest BCUT2D eigenvalue weighted by molar-refractivity contribution is -0.126. The fourth-order valence-corrected chi connectivity index (χ4v) is 3.03. The molecule has 1 heterocycles. The number of benzene rings is 1. The molecular formula is C16H16BrN3O2S. The molecule has 1 aromatic heterocycles. The predicted octanol–water partition coefficient (Wildman–Crippen LogP) is 3.06. The van der Waals surface area contributed by atoms with Crippen LogP contribution in [0.3, 0.4) is 0 Å². The number of hydrogen-bond acceptors (Lipinski definition) is 4. The molecule has 0 spiro atoms. The Hall–Kier alpha value is -1.99. The van der Waals surface area contributed by atoms with Gasteiger partial charge in [0.05, 0.1) is 10.0 Å². The highest BCUT2D eigenvalue weighted by Gasteiger charge is 2.06. The van der Waals surface area contributed by atoms with E-state index in [0.717, 1.165) is 14.2 Å². The fraction of sp³-hybridized carbons (Fsp3) is 0.188. The van der Waals surface area contributed by atoms with Gasteiger partial charge in [0.2, 0.25) is 11.8 Å². The molecule has 0 atom stereocenters. The van der Waals surface area contributed by atoms with E-state index in [0.29, 0.717) is 6.54 Å². The van der Waals surface area contributed by atoms with E-state index in [1.807, 2.05) is 42.5 Å². The van der Waals surface area contributed by atoms with Gasteiger partial charge in [0.15, 0.2) is 0 Å². The number of hydrazone groups is 1. The molecule has 0 radical (unpaired) electrons. The van der Waals surface area contributed by atoms with Gasteiger partial charge in [-0.15, -0.1) is 11.3 Å². The molecule has 0 saturated heterocycles. The number of nitrogens with zero attached hydrogens (tertiary/aromatic N) is 1. The first-order chi connectivity index (χ1) is 11.1. The average molecular weight is 394 g/mol. The van der Waals surface area contributed by atoms with E-state index in [9.17, 15) is 9.59 Å². The molecule has 2 amide bonds. The van der Waals surface area contributed by atoms with Crippen LogP contribution in [0.25, 0.3) is 0 Å². The van der Waals surface area contributed by atoms with Crippen LogP contribution in [0.1, 0.15) is 23.3 Å². The third kappa shape index (κ3) is 6.75. The van der Waals surface area contributed by atoms with Gasteiger partial charge >= 0.3 is 0 Å². The number of hydrogen-bond donors (Lipinski definition) is 2. The zero-order valence-electron chi connectivity index (χ0n) is 12.3. The van der Waals surface area contributed by atoms with Crippen LogP contribution in [0.4, 0.5) is 0 Å². The fourth-order valence-electron chi connectivity index (χ4n) is 1.73. The highest BCUT2D eigenvalue weighted by atomic mass is 79.9. The van der Waals surface area contributed by atoms with Crippen LogP contribution in [0.15, 0.2) is 51.4 Å². The molecule has 5 nitrogen and oxygen atoms in total. The van der Waals surface area contributed by atoms with Crippen molar-refractivity contribution in [3.8, 4) is 0 Å². The first-order valence-electron chi connectivity index (χ1n) is 7.01. The molecule has 0 bridgehead atoms. The Balaban J connectivity index is 1.63. The van der Waals surface area contributed by atoms with Crippen molar-refractivity contribution in [2.45, 2.75) is 19.4 Å². The first-order valence-corrected chi connectivity index (χ1v) is 8.62.